The molecule has 0 aromatic carbocycles. The Kier molecular flexibility index (Phi) is 4.80. The van der Waals surface area contributed by atoms with Gasteiger partial charge in [0.25, 0.3) is 5.91 Å². The molecule has 1 aliphatic rings. The number of carbonyl (C=O) groups excluding carboxylic acids is 1. The molecule has 6 heteroatoms. The van der Waals surface area contributed by atoms with Crippen LogP contribution in [0.1, 0.15) is 27.5 Å². The van der Waals surface area contributed by atoms with Gasteiger partial charge >= 0.3 is 0 Å². The van der Waals surface area contributed by atoms with Crippen LogP contribution >= 0.6 is 11.3 Å². The topological polar surface area (TPSA) is 55.3 Å². The minimum absolute atomic E-state index is 0.0768. The van der Waals surface area contributed by atoms with Gasteiger partial charge in [-0.25, -0.2) is 9.97 Å². The summed E-state index contributed by atoms with van der Waals surface area (Å²) in [7, 11) is 0. The quantitative estimate of drug-likeness (QED) is 0.868. The predicted octanol–water partition coefficient (Wildman–Crippen LogP) is 2.32. The molecule has 0 aliphatic carbocycles. The molecule has 1 fully saturated rings. The summed E-state index contributed by atoms with van der Waals surface area (Å²) in [6.45, 7) is 3.88. The fourth-order valence-electron chi connectivity index (χ4n) is 2.59. The molecular formula is C16H19N3O2S. The largest absolute Gasteiger partial charge is 0.375 e. The fraction of sp³-hybridized carbons (Fsp3) is 0.438. The monoisotopic (exact) mass is 317 g/mol. The summed E-state index contributed by atoms with van der Waals surface area (Å²) in [4.78, 5) is 23.5. The van der Waals surface area contributed by atoms with Gasteiger partial charge in [0, 0.05) is 24.5 Å². The van der Waals surface area contributed by atoms with Crippen molar-refractivity contribution in [3.63, 3.8) is 0 Å². The summed E-state index contributed by atoms with van der Waals surface area (Å²) in [5.41, 5.74) is 2.00. The van der Waals surface area contributed by atoms with Gasteiger partial charge in [0.2, 0.25) is 0 Å². The van der Waals surface area contributed by atoms with Crippen LogP contribution in [-0.4, -0.2) is 46.6 Å². The van der Waals surface area contributed by atoms with E-state index in [-0.39, 0.29) is 12.0 Å². The van der Waals surface area contributed by atoms with Crippen molar-refractivity contribution in [2.45, 2.75) is 25.9 Å². The average Bonchev–Trinajstić information content (AvgIpc) is 3.07. The lowest BCUT2D eigenvalue weighted by Gasteiger charge is -2.32. The van der Waals surface area contributed by atoms with Crippen molar-refractivity contribution in [3.8, 4) is 0 Å². The Bertz CT molecular complexity index is 630. The van der Waals surface area contributed by atoms with Gasteiger partial charge in [0.15, 0.2) is 0 Å². The van der Waals surface area contributed by atoms with Crippen LogP contribution in [0.5, 0.6) is 0 Å². The Labute approximate surface area is 134 Å². The van der Waals surface area contributed by atoms with E-state index in [1.54, 1.807) is 6.33 Å². The normalized spacial score (nSPS) is 18.4. The Morgan fingerprint density at radius 2 is 2.41 bits per heavy atom. The van der Waals surface area contributed by atoms with Crippen molar-refractivity contribution in [3.05, 3.63) is 46.2 Å². The van der Waals surface area contributed by atoms with E-state index in [0.29, 0.717) is 19.7 Å². The van der Waals surface area contributed by atoms with Gasteiger partial charge in [-0.3, -0.25) is 4.79 Å². The second-order valence-electron chi connectivity index (χ2n) is 5.41. The highest BCUT2D eigenvalue weighted by Gasteiger charge is 2.25. The number of nitrogens with zero attached hydrogens (tertiary/aromatic N) is 3. The average molecular weight is 317 g/mol. The molecule has 0 N–H and O–H groups in total. The molecule has 1 amide bonds. The number of carbonyl (C=O) groups is 1. The number of morpholine rings is 1. The van der Waals surface area contributed by atoms with Crippen molar-refractivity contribution < 1.29 is 9.53 Å². The summed E-state index contributed by atoms with van der Waals surface area (Å²) in [6, 6.07) is 5.78. The molecule has 3 heterocycles. The number of amides is 1. The minimum Gasteiger partial charge on any atom is -0.375 e. The molecule has 0 radical (unpaired) electrons. The number of aryl methyl sites for hydroxylation is 2. The molecular weight excluding hydrogens is 298 g/mol. The van der Waals surface area contributed by atoms with Gasteiger partial charge in [0.1, 0.15) is 6.33 Å². The van der Waals surface area contributed by atoms with Crippen LogP contribution in [0.3, 0.4) is 0 Å². The standard InChI is InChI=1S/C16H19N3O2S/c1-12-9-13(18-11-17-12)4-5-14-10-19(6-7-21-14)16(20)15-3-2-8-22-15/h2-3,8-9,11,14H,4-7,10H2,1H3. The van der Waals surface area contributed by atoms with E-state index >= 15 is 0 Å². The van der Waals surface area contributed by atoms with Gasteiger partial charge in [-0.2, -0.15) is 0 Å². The molecule has 0 spiro atoms. The summed E-state index contributed by atoms with van der Waals surface area (Å²) in [5.74, 6) is 0.112. The van der Waals surface area contributed by atoms with Crippen LogP contribution in [-0.2, 0) is 11.2 Å². The SMILES string of the molecule is Cc1cc(CCC2CN(C(=O)c3cccs3)CCO2)ncn1. The first-order chi connectivity index (χ1) is 10.7. The number of ether oxygens (including phenoxy) is 1. The highest BCUT2D eigenvalue weighted by atomic mass is 32.1. The second kappa shape index (κ2) is 6.98. The van der Waals surface area contributed by atoms with Crippen LogP contribution < -0.4 is 0 Å². The first-order valence-electron chi connectivity index (χ1n) is 7.44. The molecule has 1 saturated heterocycles. The van der Waals surface area contributed by atoms with Gasteiger partial charge in [-0.15, -0.1) is 11.3 Å². The van der Waals surface area contributed by atoms with Gasteiger partial charge in [0.05, 0.1) is 17.6 Å². The number of aromatic nitrogens is 2. The van der Waals surface area contributed by atoms with E-state index in [0.717, 1.165) is 29.1 Å². The van der Waals surface area contributed by atoms with E-state index < -0.39 is 0 Å². The summed E-state index contributed by atoms with van der Waals surface area (Å²) < 4.78 is 5.79. The van der Waals surface area contributed by atoms with Crippen LogP contribution in [0.2, 0.25) is 0 Å². The summed E-state index contributed by atoms with van der Waals surface area (Å²) >= 11 is 1.49. The zero-order valence-corrected chi connectivity index (χ0v) is 13.4. The Balaban J connectivity index is 1.55. The molecule has 0 saturated carbocycles. The number of hydrogen-bond acceptors (Lipinski definition) is 5. The fourth-order valence-corrected chi connectivity index (χ4v) is 3.28. The maximum absolute atomic E-state index is 12.4. The molecule has 116 valence electrons. The molecule has 1 unspecified atom stereocenters. The number of rotatable bonds is 4. The second-order valence-corrected chi connectivity index (χ2v) is 6.36. The predicted molar refractivity (Wildman–Crippen MR) is 85.1 cm³/mol. The molecule has 1 aliphatic heterocycles. The first-order valence-corrected chi connectivity index (χ1v) is 8.32. The van der Waals surface area contributed by atoms with E-state index in [2.05, 4.69) is 9.97 Å². The van der Waals surface area contributed by atoms with Crippen LogP contribution in [0.4, 0.5) is 0 Å². The molecule has 2 aromatic heterocycles. The van der Waals surface area contributed by atoms with E-state index in [9.17, 15) is 4.79 Å². The van der Waals surface area contributed by atoms with E-state index in [1.165, 1.54) is 11.3 Å². The van der Waals surface area contributed by atoms with Gasteiger partial charge < -0.3 is 9.64 Å². The lowest BCUT2D eigenvalue weighted by molar-refractivity contribution is -0.0245. The smallest absolute Gasteiger partial charge is 0.264 e. The molecule has 1 atom stereocenters. The van der Waals surface area contributed by atoms with Crippen molar-refractivity contribution in [1.82, 2.24) is 14.9 Å². The highest BCUT2D eigenvalue weighted by molar-refractivity contribution is 7.12. The third kappa shape index (κ3) is 3.69. The van der Waals surface area contributed by atoms with Gasteiger partial charge in [-0.1, -0.05) is 6.07 Å². The van der Waals surface area contributed by atoms with Crippen molar-refractivity contribution >= 4 is 17.2 Å². The lowest BCUT2D eigenvalue weighted by atomic mass is 10.1. The van der Waals surface area contributed by atoms with Crippen LogP contribution in [0, 0.1) is 6.92 Å². The van der Waals surface area contributed by atoms with Crippen molar-refractivity contribution in [2.24, 2.45) is 0 Å². The molecule has 0 bridgehead atoms. The summed E-state index contributed by atoms with van der Waals surface area (Å²) in [6.07, 6.45) is 3.38. The third-order valence-corrected chi connectivity index (χ3v) is 4.60. The van der Waals surface area contributed by atoms with E-state index in [4.69, 9.17) is 4.74 Å². The first kappa shape index (κ1) is 15.1. The maximum Gasteiger partial charge on any atom is 0.264 e. The highest BCUT2D eigenvalue weighted by Crippen LogP contribution is 2.17. The Morgan fingerprint density at radius 1 is 1.50 bits per heavy atom. The Hall–Kier alpha value is -1.79. The zero-order chi connectivity index (χ0) is 15.4. The number of thiophene rings is 1. The lowest BCUT2D eigenvalue weighted by Crippen LogP contribution is -2.45. The molecule has 2 aromatic rings. The minimum atomic E-state index is 0.0768. The van der Waals surface area contributed by atoms with Crippen molar-refractivity contribution in [1.29, 1.82) is 0 Å². The van der Waals surface area contributed by atoms with Crippen LogP contribution in [0.25, 0.3) is 0 Å². The zero-order valence-electron chi connectivity index (χ0n) is 12.6. The number of hydrogen-bond donors (Lipinski definition) is 0. The molecule has 3 rings (SSSR count). The van der Waals surface area contributed by atoms with Gasteiger partial charge in [-0.05, 0) is 37.3 Å². The Morgan fingerprint density at radius 3 is 3.18 bits per heavy atom. The third-order valence-electron chi connectivity index (χ3n) is 3.74. The molecule has 5 nitrogen and oxygen atoms in total. The van der Waals surface area contributed by atoms with E-state index in [1.807, 2.05) is 35.4 Å². The summed E-state index contributed by atoms with van der Waals surface area (Å²) in [5, 5.41) is 1.93. The maximum atomic E-state index is 12.4. The van der Waals surface area contributed by atoms with Crippen LogP contribution in [0.15, 0.2) is 29.9 Å². The molecule has 22 heavy (non-hydrogen) atoms. The van der Waals surface area contributed by atoms with Crippen molar-refractivity contribution in [2.75, 3.05) is 19.7 Å².